The van der Waals surface area contributed by atoms with Crippen LogP contribution in [0.4, 0.5) is 0 Å². The molecule has 0 aliphatic carbocycles. The Hall–Kier alpha value is -4.00. The summed E-state index contributed by atoms with van der Waals surface area (Å²) in [6.07, 6.45) is 0. The second kappa shape index (κ2) is 11.0. The number of hydrogen-bond acceptors (Lipinski definition) is 5. The number of aromatic carboxylic acids is 1. The van der Waals surface area contributed by atoms with Crippen molar-refractivity contribution in [1.29, 1.82) is 0 Å². The molecular formula is C26H27NO6. The van der Waals surface area contributed by atoms with Gasteiger partial charge >= 0.3 is 5.97 Å². The van der Waals surface area contributed by atoms with E-state index in [4.69, 9.17) is 14.2 Å². The fraction of sp³-hybridized carbons (Fsp3) is 0.231. The van der Waals surface area contributed by atoms with Crippen molar-refractivity contribution in [2.45, 2.75) is 19.5 Å². The Morgan fingerprint density at radius 1 is 0.879 bits per heavy atom. The van der Waals surface area contributed by atoms with Crippen LogP contribution in [0.3, 0.4) is 0 Å². The van der Waals surface area contributed by atoms with Gasteiger partial charge in [0.1, 0.15) is 11.3 Å². The fourth-order valence-electron chi connectivity index (χ4n) is 3.58. The van der Waals surface area contributed by atoms with E-state index in [0.29, 0.717) is 12.3 Å². The summed E-state index contributed by atoms with van der Waals surface area (Å²) in [5.41, 5.74) is 1.73. The van der Waals surface area contributed by atoms with Gasteiger partial charge in [0.2, 0.25) is 0 Å². The minimum Gasteiger partial charge on any atom is -0.496 e. The monoisotopic (exact) mass is 449 g/mol. The number of ether oxygens (including phenoxy) is 3. The van der Waals surface area contributed by atoms with Gasteiger partial charge in [-0.25, -0.2) is 4.79 Å². The van der Waals surface area contributed by atoms with Crippen LogP contribution in [-0.2, 0) is 11.3 Å². The Labute approximate surface area is 193 Å². The fourth-order valence-corrected chi connectivity index (χ4v) is 3.58. The van der Waals surface area contributed by atoms with Crippen molar-refractivity contribution in [2.75, 3.05) is 20.8 Å². The normalized spacial score (nSPS) is 11.4. The van der Waals surface area contributed by atoms with Crippen molar-refractivity contribution in [2.24, 2.45) is 0 Å². The number of nitrogens with zero attached hydrogens (tertiary/aromatic N) is 1. The second-order valence-corrected chi connectivity index (χ2v) is 7.35. The molecule has 3 aromatic carbocycles. The zero-order valence-corrected chi connectivity index (χ0v) is 18.9. The van der Waals surface area contributed by atoms with Gasteiger partial charge in [0.25, 0.3) is 5.91 Å². The molecule has 0 saturated carbocycles. The van der Waals surface area contributed by atoms with Crippen LogP contribution < -0.4 is 14.2 Å². The van der Waals surface area contributed by atoms with Crippen molar-refractivity contribution in [3.63, 3.8) is 0 Å². The van der Waals surface area contributed by atoms with Crippen LogP contribution in [0.5, 0.6) is 17.2 Å². The quantitative estimate of drug-likeness (QED) is 0.488. The van der Waals surface area contributed by atoms with Gasteiger partial charge in [-0.2, -0.15) is 0 Å². The van der Waals surface area contributed by atoms with Crippen molar-refractivity contribution in [3.8, 4) is 17.2 Å². The average Bonchev–Trinajstić information content (AvgIpc) is 2.85. The lowest BCUT2D eigenvalue weighted by Crippen LogP contribution is -2.36. The van der Waals surface area contributed by atoms with Gasteiger partial charge in [0.15, 0.2) is 18.1 Å². The molecule has 0 fully saturated rings. The molecular weight excluding hydrogens is 422 g/mol. The second-order valence-electron chi connectivity index (χ2n) is 7.35. The van der Waals surface area contributed by atoms with E-state index in [-0.39, 0.29) is 35.6 Å². The Bertz CT molecular complexity index is 1100. The molecule has 0 unspecified atom stereocenters. The maximum Gasteiger partial charge on any atom is 0.339 e. The molecule has 0 heterocycles. The number of rotatable bonds is 10. The first-order valence-corrected chi connectivity index (χ1v) is 10.5. The Morgan fingerprint density at radius 3 is 2.18 bits per heavy atom. The summed E-state index contributed by atoms with van der Waals surface area (Å²) in [7, 11) is 3.00. The molecule has 7 nitrogen and oxygen atoms in total. The van der Waals surface area contributed by atoms with Gasteiger partial charge in [-0.15, -0.1) is 0 Å². The van der Waals surface area contributed by atoms with Crippen molar-refractivity contribution < 1.29 is 28.9 Å². The molecule has 0 saturated heterocycles. The number of amides is 1. The molecule has 0 spiro atoms. The van der Waals surface area contributed by atoms with E-state index >= 15 is 0 Å². The van der Waals surface area contributed by atoms with Crippen LogP contribution in [0.15, 0.2) is 72.8 Å². The summed E-state index contributed by atoms with van der Waals surface area (Å²) in [6.45, 7) is 1.88. The summed E-state index contributed by atoms with van der Waals surface area (Å²) >= 11 is 0. The molecule has 0 aliphatic heterocycles. The number of methoxy groups -OCH3 is 2. The molecule has 3 aromatic rings. The Morgan fingerprint density at radius 2 is 1.52 bits per heavy atom. The number of hydrogen-bond donors (Lipinski definition) is 1. The number of carbonyl (C=O) groups is 2. The lowest BCUT2D eigenvalue weighted by atomic mass is 10.1. The summed E-state index contributed by atoms with van der Waals surface area (Å²) in [6, 6.07) is 21.5. The number of carboxylic acid groups (broad SMARTS) is 1. The molecule has 1 amide bonds. The highest BCUT2D eigenvalue weighted by Gasteiger charge is 2.25. The SMILES string of the molecule is COc1ccccc1CN(C(=O)COc1c(OC)cccc1C(=O)O)[C@@H](C)c1ccccc1. The first kappa shape index (κ1) is 23.7. The molecule has 0 aromatic heterocycles. The van der Waals surface area contributed by atoms with Gasteiger partial charge in [-0.3, -0.25) is 4.79 Å². The van der Waals surface area contributed by atoms with Crippen molar-refractivity contribution in [1.82, 2.24) is 4.90 Å². The van der Waals surface area contributed by atoms with E-state index in [1.807, 2.05) is 61.5 Å². The third kappa shape index (κ3) is 5.63. The van der Waals surface area contributed by atoms with E-state index in [2.05, 4.69) is 0 Å². The minimum atomic E-state index is -1.17. The standard InChI is InChI=1S/C26H27NO6/c1-18(19-10-5-4-6-11-19)27(16-20-12-7-8-14-22(20)31-2)24(28)17-33-25-21(26(29)30)13-9-15-23(25)32-3/h4-15,18H,16-17H2,1-3H3,(H,29,30)/t18-/m0/s1. The van der Waals surface area contributed by atoms with Crippen LogP contribution in [-0.4, -0.2) is 42.7 Å². The van der Waals surface area contributed by atoms with Crippen LogP contribution in [0, 0.1) is 0 Å². The maximum atomic E-state index is 13.4. The van der Waals surface area contributed by atoms with Crippen molar-refractivity contribution in [3.05, 3.63) is 89.5 Å². The molecule has 0 radical (unpaired) electrons. The summed E-state index contributed by atoms with van der Waals surface area (Å²) in [5.74, 6) is -0.533. The predicted molar refractivity (Wildman–Crippen MR) is 124 cm³/mol. The highest BCUT2D eigenvalue weighted by molar-refractivity contribution is 5.92. The van der Waals surface area contributed by atoms with E-state index in [1.165, 1.54) is 13.2 Å². The van der Waals surface area contributed by atoms with Crippen LogP contribution >= 0.6 is 0 Å². The number of carboxylic acids is 1. The topological polar surface area (TPSA) is 85.3 Å². The summed E-state index contributed by atoms with van der Waals surface area (Å²) in [5, 5.41) is 9.50. The number of para-hydroxylation sites is 2. The molecule has 172 valence electrons. The van der Waals surface area contributed by atoms with E-state index in [1.54, 1.807) is 24.1 Å². The predicted octanol–water partition coefficient (Wildman–Crippen LogP) is 4.57. The zero-order chi connectivity index (χ0) is 23.8. The average molecular weight is 450 g/mol. The Kier molecular flexibility index (Phi) is 7.91. The largest absolute Gasteiger partial charge is 0.496 e. The molecule has 0 aliphatic rings. The molecule has 0 bridgehead atoms. The Balaban J connectivity index is 1.89. The molecule has 3 rings (SSSR count). The molecule has 33 heavy (non-hydrogen) atoms. The van der Waals surface area contributed by atoms with E-state index in [9.17, 15) is 14.7 Å². The molecule has 7 heteroatoms. The lowest BCUT2D eigenvalue weighted by Gasteiger charge is -2.30. The van der Waals surface area contributed by atoms with Gasteiger partial charge in [-0.1, -0.05) is 54.6 Å². The van der Waals surface area contributed by atoms with Crippen LogP contribution in [0.2, 0.25) is 0 Å². The van der Waals surface area contributed by atoms with Crippen LogP contribution in [0.1, 0.15) is 34.5 Å². The maximum absolute atomic E-state index is 13.4. The summed E-state index contributed by atoms with van der Waals surface area (Å²) in [4.78, 5) is 26.7. The third-order valence-corrected chi connectivity index (χ3v) is 5.37. The number of carbonyl (C=O) groups excluding carboxylic acids is 1. The zero-order valence-electron chi connectivity index (χ0n) is 18.9. The van der Waals surface area contributed by atoms with E-state index in [0.717, 1.165) is 11.1 Å². The minimum absolute atomic E-state index is 0.0189. The summed E-state index contributed by atoms with van der Waals surface area (Å²) < 4.78 is 16.4. The van der Waals surface area contributed by atoms with Gasteiger partial charge < -0.3 is 24.2 Å². The molecule has 1 atom stereocenters. The van der Waals surface area contributed by atoms with E-state index < -0.39 is 5.97 Å². The third-order valence-electron chi connectivity index (χ3n) is 5.37. The lowest BCUT2D eigenvalue weighted by molar-refractivity contribution is -0.136. The number of benzene rings is 3. The first-order chi connectivity index (χ1) is 16.0. The van der Waals surface area contributed by atoms with Gasteiger partial charge in [0, 0.05) is 5.56 Å². The molecule has 1 N–H and O–H groups in total. The van der Waals surface area contributed by atoms with Crippen molar-refractivity contribution >= 4 is 11.9 Å². The van der Waals surface area contributed by atoms with Crippen LogP contribution in [0.25, 0.3) is 0 Å². The van der Waals surface area contributed by atoms with Gasteiger partial charge in [0.05, 0.1) is 26.8 Å². The highest BCUT2D eigenvalue weighted by atomic mass is 16.5. The van der Waals surface area contributed by atoms with Gasteiger partial charge in [-0.05, 0) is 30.7 Å². The first-order valence-electron chi connectivity index (χ1n) is 10.5. The smallest absolute Gasteiger partial charge is 0.339 e. The highest BCUT2D eigenvalue weighted by Crippen LogP contribution is 2.32.